The second-order valence-electron chi connectivity index (χ2n) is 7.62. The number of methoxy groups -OCH3 is 3. The van der Waals surface area contributed by atoms with Crippen LogP contribution in [0.3, 0.4) is 0 Å². The quantitative estimate of drug-likeness (QED) is 0.760. The maximum absolute atomic E-state index is 6.36. The van der Waals surface area contributed by atoms with E-state index in [2.05, 4.69) is 24.6 Å². The van der Waals surface area contributed by atoms with Crippen molar-refractivity contribution in [2.24, 2.45) is 0 Å². The van der Waals surface area contributed by atoms with Crippen molar-refractivity contribution in [2.75, 3.05) is 41.7 Å². The van der Waals surface area contributed by atoms with Crippen molar-refractivity contribution < 1.29 is 28.4 Å². The van der Waals surface area contributed by atoms with E-state index in [-0.39, 0.29) is 18.9 Å². The minimum Gasteiger partial charge on any atom is -0.493 e. The van der Waals surface area contributed by atoms with E-state index in [9.17, 15) is 0 Å². The van der Waals surface area contributed by atoms with Gasteiger partial charge >= 0.3 is 0 Å². The summed E-state index contributed by atoms with van der Waals surface area (Å²) in [7, 11) is 7.02. The normalized spacial score (nSPS) is 21.7. The second kappa shape index (κ2) is 7.02. The Labute approximate surface area is 175 Å². The summed E-state index contributed by atoms with van der Waals surface area (Å²) in [5.41, 5.74) is 4.11. The fraction of sp³-hybridized carbons (Fsp3) is 0.391. The minimum absolute atomic E-state index is 0.0886. The molecule has 0 spiro atoms. The summed E-state index contributed by atoms with van der Waals surface area (Å²) in [5.74, 6) is 3.96. The van der Waals surface area contributed by atoms with Crippen LogP contribution in [-0.4, -0.2) is 46.6 Å². The zero-order valence-corrected chi connectivity index (χ0v) is 17.6. The molecule has 2 atom stereocenters. The number of hydrogen-bond acceptors (Lipinski definition) is 7. The van der Waals surface area contributed by atoms with Gasteiger partial charge in [0.05, 0.1) is 32.9 Å². The van der Waals surface area contributed by atoms with Crippen LogP contribution in [-0.2, 0) is 11.2 Å². The average molecular weight is 411 g/mol. The molecule has 30 heavy (non-hydrogen) atoms. The van der Waals surface area contributed by atoms with Gasteiger partial charge in [-0.3, -0.25) is 4.90 Å². The average Bonchev–Trinajstić information content (AvgIpc) is 3.35. The van der Waals surface area contributed by atoms with Crippen molar-refractivity contribution in [3.05, 3.63) is 47.0 Å². The highest BCUT2D eigenvalue weighted by Gasteiger charge is 2.44. The Morgan fingerprint density at radius 3 is 2.60 bits per heavy atom. The Hall–Kier alpha value is -3.06. The van der Waals surface area contributed by atoms with Crippen molar-refractivity contribution >= 4 is 5.76 Å². The van der Waals surface area contributed by atoms with Gasteiger partial charge in [-0.25, -0.2) is 0 Å². The lowest BCUT2D eigenvalue weighted by atomic mass is 9.85. The van der Waals surface area contributed by atoms with E-state index in [1.807, 2.05) is 12.1 Å². The van der Waals surface area contributed by atoms with Crippen LogP contribution >= 0.6 is 0 Å². The number of likely N-dealkylation sites (N-methyl/N-ethyl adjacent to an activating group) is 1. The summed E-state index contributed by atoms with van der Waals surface area (Å²) < 4.78 is 34.7. The molecule has 0 saturated heterocycles. The topological polar surface area (TPSA) is 58.6 Å². The predicted octanol–water partition coefficient (Wildman–Crippen LogP) is 3.71. The fourth-order valence-electron chi connectivity index (χ4n) is 4.83. The van der Waals surface area contributed by atoms with E-state index < -0.39 is 0 Å². The maximum Gasteiger partial charge on any atom is 0.231 e. The molecule has 0 bridgehead atoms. The summed E-state index contributed by atoms with van der Waals surface area (Å²) in [6, 6.07) is 5.92. The van der Waals surface area contributed by atoms with Gasteiger partial charge in [-0.2, -0.15) is 0 Å². The maximum atomic E-state index is 6.36. The van der Waals surface area contributed by atoms with Crippen LogP contribution in [0.5, 0.6) is 28.7 Å². The molecule has 0 fully saturated rings. The molecule has 0 aromatic heterocycles. The molecule has 0 aliphatic carbocycles. The smallest absolute Gasteiger partial charge is 0.231 e. The van der Waals surface area contributed by atoms with Crippen molar-refractivity contribution in [3.63, 3.8) is 0 Å². The minimum atomic E-state index is -0.273. The van der Waals surface area contributed by atoms with Gasteiger partial charge in [0.25, 0.3) is 0 Å². The molecule has 0 unspecified atom stereocenters. The Balaban J connectivity index is 1.69. The Morgan fingerprint density at radius 1 is 1.07 bits per heavy atom. The van der Waals surface area contributed by atoms with Crippen molar-refractivity contribution in [1.29, 1.82) is 0 Å². The van der Waals surface area contributed by atoms with E-state index in [1.54, 1.807) is 21.3 Å². The Bertz CT molecular complexity index is 1030. The summed E-state index contributed by atoms with van der Waals surface area (Å²) in [6.45, 7) is 5.24. The molecule has 7 nitrogen and oxygen atoms in total. The highest BCUT2D eigenvalue weighted by atomic mass is 16.7. The van der Waals surface area contributed by atoms with Crippen LogP contribution in [0.15, 0.2) is 24.8 Å². The molecule has 0 radical (unpaired) electrons. The molecule has 158 valence electrons. The molecule has 2 aromatic carbocycles. The molecule has 0 amide bonds. The molecule has 5 rings (SSSR count). The first-order chi connectivity index (χ1) is 14.6. The largest absolute Gasteiger partial charge is 0.493 e. The third kappa shape index (κ3) is 2.55. The molecule has 3 aliphatic rings. The summed E-state index contributed by atoms with van der Waals surface area (Å²) >= 11 is 0. The number of benzene rings is 2. The molecule has 3 aliphatic heterocycles. The van der Waals surface area contributed by atoms with Crippen LogP contribution in [0.25, 0.3) is 5.76 Å². The van der Waals surface area contributed by atoms with Gasteiger partial charge in [-0.1, -0.05) is 12.6 Å². The van der Waals surface area contributed by atoms with Crippen LogP contribution in [0.1, 0.15) is 34.4 Å². The first-order valence-corrected chi connectivity index (χ1v) is 9.89. The van der Waals surface area contributed by atoms with Gasteiger partial charge < -0.3 is 28.4 Å². The third-order valence-corrected chi connectivity index (χ3v) is 6.17. The molecule has 0 N–H and O–H groups in total. The van der Waals surface area contributed by atoms with Crippen molar-refractivity contribution in [3.8, 4) is 28.7 Å². The Kier molecular flexibility index (Phi) is 4.43. The monoisotopic (exact) mass is 411 g/mol. The summed E-state index contributed by atoms with van der Waals surface area (Å²) in [4.78, 5) is 2.29. The molecule has 7 heteroatoms. The highest BCUT2D eigenvalue weighted by molar-refractivity contribution is 5.75. The van der Waals surface area contributed by atoms with Gasteiger partial charge in [0.1, 0.15) is 11.9 Å². The van der Waals surface area contributed by atoms with E-state index in [1.165, 1.54) is 5.56 Å². The number of fused-ring (bicyclic) bond motifs is 3. The predicted molar refractivity (Wildman–Crippen MR) is 111 cm³/mol. The van der Waals surface area contributed by atoms with Crippen LogP contribution in [0.2, 0.25) is 0 Å². The first kappa shape index (κ1) is 18.9. The lowest BCUT2D eigenvalue weighted by molar-refractivity contribution is 0.0639. The van der Waals surface area contributed by atoms with Gasteiger partial charge in [0.15, 0.2) is 23.0 Å². The van der Waals surface area contributed by atoms with E-state index in [0.717, 1.165) is 35.4 Å². The molecule has 3 heterocycles. The standard InChI is InChI=1S/C23H25NO6/c1-12-17-14(6-7-15(25-3)21(17)26-4)20(30-12)19-18-13(8-9-24(19)2)10-16-22(23(18)27-5)29-11-28-16/h6-7,10,19-20H,1,8-9,11H2,2-5H3/t19-,20+/m1/s1. The third-order valence-electron chi connectivity index (χ3n) is 6.17. The lowest BCUT2D eigenvalue weighted by Gasteiger charge is -2.38. The summed E-state index contributed by atoms with van der Waals surface area (Å²) in [6.07, 6.45) is 0.618. The second-order valence-corrected chi connectivity index (χ2v) is 7.62. The number of ether oxygens (including phenoxy) is 6. The van der Waals surface area contributed by atoms with Crippen molar-refractivity contribution in [2.45, 2.75) is 18.6 Å². The highest BCUT2D eigenvalue weighted by Crippen LogP contribution is 2.57. The fourth-order valence-corrected chi connectivity index (χ4v) is 4.83. The van der Waals surface area contributed by atoms with Crippen LogP contribution in [0, 0.1) is 0 Å². The number of hydrogen-bond donors (Lipinski definition) is 0. The molecule has 2 aromatic rings. The van der Waals surface area contributed by atoms with Crippen molar-refractivity contribution in [1.82, 2.24) is 4.90 Å². The van der Waals surface area contributed by atoms with Gasteiger partial charge in [0, 0.05) is 17.7 Å². The van der Waals surface area contributed by atoms with Gasteiger partial charge in [0.2, 0.25) is 12.5 Å². The molecular formula is C23H25NO6. The van der Waals surface area contributed by atoms with Gasteiger partial charge in [-0.05, 0) is 31.2 Å². The number of nitrogens with zero attached hydrogens (tertiary/aromatic N) is 1. The first-order valence-electron chi connectivity index (χ1n) is 9.89. The SMILES string of the molecule is C=C1O[C@H]([C@H]2c3c(cc4c(c3OC)OCO4)CCN2C)c2ccc(OC)c(OC)c21. The van der Waals surface area contributed by atoms with Crippen LogP contribution < -0.4 is 23.7 Å². The zero-order chi connectivity index (χ0) is 21.0. The lowest BCUT2D eigenvalue weighted by Crippen LogP contribution is -2.36. The van der Waals surface area contributed by atoms with Gasteiger partial charge in [-0.15, -0.1) is 0 Å². The van der Waals surface area contributed by atoms with E-state index in [0.29, 0.717) is 28.8 Å². The summed E-state index contributed by atoms with van der Waals surface area (Å²) in [5, 5.41) is 0. The van der Waals surface area contributed by atoms with E-state index >= 15 is 0 Å². The van der Waals surface area contributed by atoms with Crippen LogP contribution in [0.4, 0.5) is 0 Å². The molecule has 0 saturated carbocycles. The van der Waals surface area contributed by atoms with E-state index in [4.69, 9.17) is 28.4 Å². The Morgan fingerprint density at radius 2 is 1.87 bits per heavy atom. The zero-order valence-electron chi connectivity index (χ0n) is 17.6. The number of rotatable bonds is 4. The molecular weight excluding hydrogens is 386 g/mol.